The van der Waals surface area contributed by atoms with Gasteiger partial charge in [0.15, 0.2) is 5.79 Å². The second-order valence-corrected chi connectivity index (χ2v) is 8.75. The van der Waals surface area contributed by atoms with Crippen LogP contribution in [-0.2, 0) is 28.5 Å². The molecule has 31 heavy (non-hydrogen) atoms. The Balaban J connectivity index is 1.63. The van der Waals surface area contributed by atoms with E-state index in [1.807, 2.05) is 31.2 Å². The lowest BCUT2D eigenvalue weighted by Gasteiger charge is -2.41. The molecule has 7 heteroatoms. The van der Waals surface area contributed by atoms with Crippen LogP contribution >= 0.6 is 0 Å². The van der Waals surface area contributed by atoms with Crippen LogP contribution in [0.5, 0.6) is 5.75 Å². The minimum absolute atomic E-state index is 0.156. The fourth-order valence-corrected chi connectivity index (χ4v) is 3.37. The molecule has 0 saturated carbocycles. The second kappa shape index (κ2) is 9.18. The van der Waals surface area contributed by atoms with Crippen LogP contribution < -0.4 is 10.5 Å². The Labute approximate surface area is 181 Å². The Hall–Kier alpha value is -2.09. The van der Waals surface area contributed by atoms with Crippen LogP contribution in [0.25, 0.3) is 0 Å². The van der Waals surface area contributed by atoms with E-state index in [0.717, 1.165) is 17.2 Å². The molecule has 2 N–H and O–H groups in total. The predicted octanol–water partition coefficient (Wildman–Crippen LogP) is 5.05. The molecule has 0 aromatic heterocycles. The van der Waals surface area contributed by atoms with Gasteiger partial charge in [-0.3, -0.25) is 0 Å². The van der Waals surface area contributed by atoms with Gasteiger partial charge < -0.3 is 19.9 Å². The number of alkyl halides is 3. The van der Waals surface area contributed by atoms with Gasteiger partial charge in [0.25, 0.3) is 0 Å². The molecule has 2 aromatic rings. The molecule has 1 heterocycles. The van der Waals surface area contributed by atoms with E-state index < -0.39 is 23.1 Å². The van der Waals surface area contributed by atoms with Crippen molar-refractivity contribution in [1.29, 1.82) is 0 Å². The zero-order chi connectivity index (χ0) is 22.7. The standard InChI is InChI=1S/C24H30F3NO3/c1-17-4-6-18(7-5-17)11-13-29-21-9-8-19(14-20(21)24(25,26)27)10-12-23(28)15-30-22(2,3)31-16-23/h4-9,14H,10-13,15-16,28H2,1-3H3. The summed E-state index contributed by atoms with van der Waals surface area (Å²) in [6.07, 6.45) is -3.13. The summed E-state index contributed by atoms with van der Waals surface area (Å²) in [6.45, 7) is 6.36. The van der Waals surface area contributed by atoms with Gasteiger partial charge in [-0.2, -0.15) is 13.2 Å². The summed E-state index contributed by atoms with van der Waals surface area (Å²) in [5.41, 5.74) is 7.52. The summed E-state index contributed by atoms with van der Waals surface area (Å²) >= 11 is 0. The number of hydrogen-bond donors (Lipinski definition) is 1. The molecule has 1 fully saturated rings. The average molecular weight is 438 g/mol. The van der Waals surface area contributed by atoms with Gasteiger partial charge in [0, 0.05) is 6.42 Å². The highest BCUT2D eigenvalue weighted by atomic mass is 19.4. The molecule has 170 valence electrons. The summed E-state index contributed by atoms with van der Waals surface area (Å²) in [5, 5.41) is 0. The number of halogens is 3. The van der Waals surface area contributed by atoms with E-state index in [1.165, 1.54) is 6.07 Å². The molecule has 1 saturated heterocycles. The van der Waals surface area contributed by atoms with Gasteiger partial charge in [0.1, 0.15) is 5.75 Å². The maximum Gasteiger partial charge on any atom is 0.419 e. The molecule has 4 nitrogen and oxygen atoms in total. The molecule has 0 atom stereocenters. The summed E-state index contributed by atoms with van der Waals surface area (Å²) in [4.78, 5) is 0. The summed E-state index contributed by atoms with van der Waals surface area (Å²) in [6, 6.07) is 12.1. The summed E-state index contributed by atoms with van der Waals surface area (Å²) < 4.78 is 57.6. The molecular weight excluding hydrogens is 407 g/mol. The first-order valence-electron chi connectivity index (χ1n) is 10.4. The van der Waals surface area contributed by atoms with Crippen LogP contribution in [0.3, 0.4) is 0 Å². The van der Waals surface area contributed by atoms with Crippen molar-refractivity contribution >= 4 is 0 Å². The first-order valence-corrected chi connectivity index (χ1v) is 10.4. The van der Waals surface area contributed by atoms with Crippen LogP contribution in [0.15, 0.2) is 42.5 Å². The lowest BCUT2D eigenvalue weighted by Crippen LogP contribution is -2.57. The molecule has 3 rings (SSSR count). The monoisotopic (exact) mass is 437 g/mol. The smallest absolute Gasteiger partial charge is 0.419 e. The molecule has 0 bridgehead atoms. The Morgan fingerprint density at radius 2 is 1.58 bits per heavy atom. The SMILES string of the molecule is Cc1ccc(CCOc2ccc(CCC3(N)COC(C)(C)OC3)cc2C(F)(F)F)cc1. The lowest BCUT2D eigenvalue weighted by molar-refractivity contribution is -0.267. The van der Waals surface area contributed by atoms with Crippen molar-refractivity contribution in [3.05, 3.63) is 64.7 Å². The second-order valence-electron chi connectivity index (χ2n) is 8.75. The van der Waals surface area contributed by atoms with Crippen LogP contribution in [-0.4, -0.2) is 31.1 Å². The van der Waals surface area contributed by atoms with Gasteiger partial charge in [-0.1, -0.05) is 35.9 Å². The predicted molar refractivity (Wildman–Crippen MR) is 113 cm³/mol. The minimum Gasteiger partial charge on any atom is -0.493 e. The molecule has 1 aliphatic heterocycles. The molecule has 0 unspecified atom stereocenters. The number of nitrogens with two attached hydrogens (primary N) is 1. The van der Waals surface area contributed by atoms with E-state index in [2.05, 4.69) is 0 Å². The molecule has 0 spiro atoms. The van der Waals surface area contributed by atoms with Crippen molar-refractivity contribution in [2.75, 3.05) is 19.8 Å². The van der Waals surface area contributed by atoms with Gasteiger partial charge in [-0.25, -0.2) is 0 Å². The molecule has 0 radical (unpaired) electrons. The molecular formula is C24H30F3NO3. The number of hydrogen-bond acceptors (Lipinski definition) is 4. The van der Waals surface area contributed by atoms with Gasteiger partial charge >= 0.3 is 6.18 Å². The van der Waals surface area contributed by atoms with Crippen LogP contribution in [0.1, 0.15) is 42.5 Å². The van der Waals surface area contributed by atoms with Gasteiger partial charge in [-0.05, 0) is 56.9 Å². The maximum atomic E-state index is 13.6. The third kappa shape index (κ3) is 6.69. The van der Waals surface area contributed by atoms with Crippen molar-refractivity contribution in [1.82, 2.24) is 0 Å². The third-order valence-electron chi connectivity index (χ3n) is 5.44. The quantitative estimate of drug-likeness (QED) is 0.659. The zero-order valence-corrected chi connectivity index (χ0v) is 18.2. The van der Waals surface area contributed by atoms with Crippen LogP contribution in [0.2, 0.25) is 0 Å². The van der Waals surface area contributed by atoms with Crippen LogP contribution in [0, 0.1) is 6.92 Å². The highest BCUT2D eigenvalue weighted by molar-refractivity contribution is 5.39. The third-order valence-corrected chi connectivity index (χ3v) is 5.44. The van der Waals surface area contributed by atoms with E-state index in [9.17, 15) is 13.2 Å². The Bertz CT molecular complexity index is 869. The zero-order valence-electron chi connectivity index (χ0n) is 18.2. The average Bonchev–Trinajstić information content (AvgIpc) is 2.70. The summed E-state index contributed by atoms with van der Waals surface area (Å²) in [7, 11) is 0. The Kier molecular flexibility index (Phi) is 6.98. The van der Waals surface area contributed by atoms with Crippen molar-refractivity contribution in [3.63, 3.8) is 0 Å². The fourth-order valence-electron chi connectivity index (χ4n) is 3.37. The van der Waals surface area contributed by atoms with Gasteiger partial charge in [0.2, 0.25) is 0 Å². The largest absolute Gasteiger partial charge is 0.493 e. The normalized spacial score (nSPS) is 18.0. The molecule has 2 aromatic carbocycles. The molecule has 0 aliphatic carbocycles. The van der Waals surface area contributed by atoms with Crippen molar-refractivity contribution in [2.24, 2.45) is 5.73 Å². The number of aryl methyl sites for hydroxylation is 2. The number of benzene rings is 2. The Morgan fingerprint density at radius 3 is 2.19 bits per heavy atom. The Morgan fingerprint density at radius 1 is 0.968 bits per heavy atom. The summed E-state index contributed by atoms with van der Waals surface area (Å²) in [5.74, 6) is -0.846. The number of rotatable bonds is 7. The number of ether oxygens (including phenoxy) is 3. The fraction of sp³-hybridized carbons (Fsp3) is 0.500. The topological polar surface area (TPSA) is 53.7 Å². The lowest BCUT2D eigenvalue weighted by atomic mass is 9.92. The van der Waals surface area contributed by atoms with E-state index >= 15 is 0 Å². The van der Waals surface area contributed by atoms with E-state index in [1.54, 1.807) is 19.9 Å². The van der Waals surface area contributed by atoms with Crippen molar-refractivity contribution in [3.8, 4) is 5.75 Å². The molecule has 1 aliphatic rings. The first-order chi connectivity index (χ1) is 14.5. The van der Waals surface area contributed by atoms with E-state index in [4.69, 9.17) is 19.9 Å². The van der Waals surface area contributed by atoms with E-state index in [-0.39, 0.29) is 12.4 Å². The van der Waals surface area contributed by atoms with Gasteiger partial charge in [0.05, 0.1) is 30.9 Å². The van der Waals surface area contributed by atoms with E-state index in [0.29, 0.717) is 38.0 Å². The van der Waals surface area contributed by atoms with Crippen molar-refractivity contribution in [2.45, 2.75) is 57.5 Å². The molecule has 0 amide bonds. The minimum atomic E-state index is -4.50. The van der Waals surface area contributed by atoms with Gasteiger partial charge in [-0.15, -0.1) is 0 Å². The first kappa shape index (κ1) is 23.6. The highest BCUT2D eigenvalue weighted by Gasteiger charge is 2.38. The van der Waals surface area contributed by atoms with Crippen LogP contribution in [0.4, 0.5) is 13.2 Å². The van der Waals surface area contributed by atoms with Crippen molar-refractivity contribution < 1.29 is 27.4 Å². The maximum absolute atomic E-state index is 13.6. The highest BCUT2D eigenvalue weighted by Crippen LogP contribution is 2.37.